The number of nitrogens with one attached hydrogen (secondary N) is 1. The maximum atomic E-state index is 13.3. The fourth-order valence-corrected chi connectivity index (χ4v) is 4.53. The molecular formula is C24H34N4O2. The summed E-state index contributed by atoms with van der Waals surface area (Å²) in [6.45, 7) is 8.57. The second-order valence-corrected chi connectivity index (χ2v) is 8.48. The van der Waals surface area contributed by atoms with Crippen LogP contribution in [0.2, 0.25) is 0 Å². The van der Waals surface area contributed by atoms with Crippen LogP contribution in [0.25, 0.3) is 5.69 Å². The second kappa shape index (κ2) is 9.75. The summed E-state index contributed by atoms with van der Waals surface area (Å²) in [7, 11) is 0. The van der Waals surface area contributed by atoms with Crippen LogP contribution in [-0.2, 0) is 4.74 Å². The number of carbonyl (C=O) groups is 1. The summed E-state index contributed by atoms with van der Waals surface area (Å²) in [5.41, 5.74) is 2.60. The first-order valence-corrected chi connectivity index (χ1v) is 11.5. The zero-order chi connectivity index (χ0) is 20.9. The lowest BCUT2D eigenvalue weighted by Crippen LogP contribution is -2.52. The van der Waals surface area contributed by atoms with E-state index < -0.39 is 0 Å². The third kappa shape index (κ3) is 4.76. The van der Waals surface area contributed by atoms with Gasteiger partial charge in [-0.25, -0.2) is 4.68 Å². The Morgan fingerprint density at radius 1 is 1.17 bits per heavy atom. The zero-order valence-electron chi connectivity index (χ0n) is 18.2. The summed E-state index contributed by atoms with van der Waals surface area (Å²) in [5, 5.41) is 8.02. The number of amides is 1. The number of ether oxygens (including phenoxy) is 1. The van der Waals surface area contributed by atoms with E-state index in [0.717, 1.165) is 50.5 Å². The van der Waals surface area contributed by atoms with E-state index >= 15 is 0 Å². The van der Waals surface area contributed by atoms with Crippen LogP contribution in [0.5, 0.6) is 0 Å². The number of para-hydroxylation sites is 1. The summed E-state index contributed by atoms with van der Waals surface area (Å²) in [6, 6.07) is 12.3. The van der Waals surface area contributed by atoms with Crippen molar-refractivity contribution in [3.63, 3.8) is 0 Å². The van der Waals surface area contributed by atoms with E-state index in [4.69, 9.17) is 9.84 Å². The molecule has 2 heterocycles. The van der Waals surface area contributed by atoms with Crippen LogP contribution in [0.3, 0.4) is 0 Å². The fourth-order valence-electron chi connectivity index (χ4n) is 4.53. The highest BCUT2D eigenvalue weighted by Gasteiger charge is 2.30. The molecule has 30 heavy (non-hydrogen) atoms. The molecule has 2 aliphatic rings. The van der Waals surface area contributed by atoms with Gasteiger partial charge in [0.25, 0.3) is 5.91 Å². The van der Waals surface area contributed by atoms with Gasteiger partial charge in [-0.3, -0.25) is 9.69 Å². The molecule has 1 aromatic carbocycles. The highest BCUT2D eigenvalue weighted by molar-refractivity contribution is 5.93. The molecule has 6 heteroatoms. The SMILES string of the molecule is CCC(CC)C(CNC(=O)c1cc(C2CC2)nn1-c1ccccc1)N1CCOCC1. The average Bonchev–Trinajstić information content (AvgIpc) is 3.55. The highest BCUT2D eigenvalue weighted by atomic mass is 16.5. The molecule has 1 aliphatic carbocycles. The molecule has 0 radical (unpaired) electrons. The smallest absolute Gasteiger partial charge is 0.270 e. The van der Waals surface area contributed by atoms with Crippen LogP contribution >= 0.6 is 0 Å². The first-order valence-electron chi connectivity index (χ1n) is 11.5. The number of aromatic nitrogens is 2. The van der Waals surface area contributed by atoms with Gasteiger partial charge < -0.3 is 10.1 Å². The van der Waals surface area contributed by atoms with Crippen LogP contribution in [0.4, 0.5) is 0 Å². The number of carbonyl (C=O) groups excluding carboxylic acids is 1. The van der Waals surface area contributed by atoms with Crippen LogP contribution < -0.4 is 5.32 Å². The number of nitrogens with zero attached hydrogens (tertiary/aromatic N) is 3. The lowest BCUT2D eigenvalue weighted by Gasteiger charge is -2.38. The normalized spacial score (nSPS) is 18.5. The zero-order valence-corrected chi connectivity index (χ0v) is 18.2. The minimum absolute atomic E-state index is 0.0394. The van der Waals surface area contributed by atoms with Gasteiger partial charge in [-0.15, -0.1) is 0 Å². The van der Waals surface area contributed by atoms with E-state index in [-0.39, 0.29) is 5.91 Å². The van der Waals surface area contributed by atoms with Crippen LogP contribution in [0.15, 0.2) is 36.4 Å². The third-order valence-electron chi connectivity index (χ3n) is 6.54. The van der Waals surface area contributed by atoms with Gasteiger partial charge in [0.2, 0.25) is 0 Å². The summed E-state index contributed by atoms with van der Waals surface area (Å²) in [6.07, 6.45) is 4.56. The van der Waals surface area contributed by atoms with Crippen molar-refractivity contribution in [2.75, 3.05) is 32.8 Å². The van der Waals surface area contributed by atoms with E-state index in [0.29, 0.717) is 30.1 Å². The van der Waals surface area contributed by atoms with Crippen molar-refractivity contribution in [1.82, 2.24) is 20.0 Å². The molecule has 1 amide bonds. The molecular weight excluding hydrogens is 376 g/mol. The van der Waals surface area contributed by atoms with Gasteiger partial charge in [0.05, 0.1) is 24.6 Å². The number of rotatable bonds is 9. The minimum atomic E-state index is -0.0394. The first-order chi connectivity index (χ1) is 14.7. The van der Waals surface area contributed by atoms with E-state index in [1.807, 2.05) is 41.1 Å². The largest absolute Gasteiger partial charge is 0.379 e. The molecule has 0 bridgehead atoms. The van der Waals surface area contributed by atoms with Crippen molar-refractivity contribution in [1.29, 1.82) is 0 Å². The Kier molecular flexibility index (Phi) is 6.85. The Morgan fingerprint density at radius 2 is 1.87 bits per heavy atom. The van der Waals surface area contributed by atoms with Crippen LogP contribution in [0.1, 0.15) is 61.6 Å². The summed E-state index contributed by atoms with van der Waals surface area (Å²) in [4.78, 5) is 15.8. The highest BCUT2D eigenvalue weighted by Crippen LogP contribution is 2.39. The number of benzene rings is 1. The van der Waals surface area contributed by atoms with Crippen molar-refractivity contribution < 1.29 is 9.53 Å². The van der Waals surface area contributed by atoms with Gasteiger partial charge in [0, 0.05) is 31.6 Å². The second-order valence-electron chi connectivity index (χ2n) is 8.48. The Balaban J connectivity index is 1.52. The number of morpholine rings is 1. The van der Waals surface area contributed by atoms with Crippen molar-refractivity contribution in [2.45, 2.75) is 51.5 Å². The molecule has 1 aliphatic heterocycles. The molecule has 1 saturated heterocycles. The molecule has 0 spiro atoms. The van der Waals surface area contributed by atoms with Crippen molar-refractivity contribution in [3.8, 4) is 5.69 Å². The Hall–Kier alpha value is -2.18. The third-order valence-corrected chi connectivity index (χ3v) is 6.54. The van der Waals surface area contributed by atoms with E-state index in [2.05, 4.69) is 24.1 Å². The van der Waals surface area contributed by atoms with Crippen molar-refractivity contribution in [2.24, 2.45) is 5.92 Å². The molecule has 6 nitrogen and oxygen atoms in total. The first kappa shape index (κ1) is 21.1. The van der Waals surface area contributed by atoms with Crippen molar-refractivity contribution in [3.05, 3.63) is 47.8 Å². The lowest BCUT2D eigenvalue weighted by atomic mass is 9.92. The van der Waals surface area contributed by atoms with E-state index in [1.54, 1.807) is 0 Å². The monoisotopic (exact) mass is 410 g/mol. The number of hydrogen-bond donors (Lipinski definition) is 1. The predicted octanol–water partition coefficient (Wildman–Crippen LogP) is 3.62. The summed E-state index contributed by atoms with van der Waals surface area (Å²) in [5.74, 6) is 1.03. The van der Waals surface area contributed by atoms with Gasteiger partial charge >= 0.3 is 0 Å². The Bertz CT molecular complexity index is 821. The summed E-state index contributed by atoms with van der Waals surface area (Å²) >= 11 is 0. The molecule has 1 unspecified atom stereocenters. The Labute approximate surface area is 179 Å². The maximum absolute atomic E-state index is 13.3. The van der Waals surface area contributed by atoms with Gasteiger partial charge in [-0.05, 0) is 37.0 Å². The fraction of sp³-hybridized carbons (Fsp3) is 0.583. The topological polar surface area (TPSA) is 59.4 Å². The lowest BCUT2D eigenvalue weighted by molar-refractivity contribution is 0.00189. The van der Waals surface area contributed by atoms with E-state index in [9.17, 15) is 4.79 Å². The average molecular weight is 411 g/mol. The molecule has 1 N–H and O–H groups in total. The maximum Gasteiger partial charge on any atom is 0.270 e. The minimum Gasteiger partial charge on any atom is -0.379 e. The molecule has 1 saturated carbocycles. The van der Waals surface area contributed by atoms with Crippen LogP contribution in [0, 0.1) is 5.92 Å². The van der Waals surface area contributed by atoms with Crippen molar-refractivity contribution >= 4 is 5.91 Å². The number of hydrogen-bond acceptors (Lipinski definition) is 4. The Morgan fingerprint density at radius 3 is 2.50 bits per heavy atom. The molecule has 1 atom stereocenters. The standard InChI is InChI=1S/C24H34N4O2/c1-3-18(4-2)23(27-12-14-30-15-13-27)17-25-24(29)22-16-21(19-10-11-19)26-28(22)20-8-6-5-7-9-20/h5-9,16,18-19,23H,3-4,10-15,17H2,1-2H3,(H,25,29). The summed E-state index contributed by atoms with van der Waals surface area (Å²) < 4.78 is 7.36. The molecule has 4 rings (SSSR count). The molecule has 2 aromatic rings. The quantitative estimate of drug-likeness (QED) is 0.686. The van der Waals surface area contributed by atoms with E-state index in [1.165, 1.54) is 12.8 Å². The van der Waals surface area contributed by atoms with Crippen LogP contribution in [-0.4, -0.2) is 59.5 Å². The molecule has 1 aromatic heterocycles. The van der Waals surface area contributed by atoms with Gasteiger partial charge in [0.1, 0.15) is 5.69 Å². The van der Waals surface area contributed by atoms with Gasteiger partial charge in [0.15, 0.2) is 0 Å². The van der Waals surface area contributed by atoms with Gasteiger partial charge in [-0.2, -0.15) is 5.10 Å². The van der Waals surface area contributed by atoms with Gasteiger partial charge in [-0.1, -0.05) is 44.9 Å². The molecule has 162 valence electrons. The predicted molar refractivity (Wildman–Crippen MR) is 118 cm³/mol. The molecule has 2 fully saturated rings.